The third kappa shape index (κ3) is 3.20. The Kier molecular flexibility index (Phi) is 4.54. The zero-order chi connectivity index (χ0) is 13.0. The van der Waals surface area contributed by atoms with Gasteiger partial charge in [0.15, 0.2) is 0 Å². The van der Waals surface area contributed by atoms with E-state index in [9.17, 15) is 0 Å². The molecule has 1 unspecified atom stereocenters. The molecule has 2 N–H and O–H groups in total. The van der Waals surface area contributed by atoms with Gasteiger partial charge in [-0.05, 0) is 42.7 Å². The molecule has 0 saturated heterocycles. The van der Waals surface area contributed by atoms with E-state index in [2.05, 4.69) is 17.9 Å². The molecule has 0 spiro atoms. The molecule has 2 nitrogen and oxygen atoms in total. The quantitative estimate of drug-likeness (QED) is 0.810. The van der Waals surface area contributed by atoms with E-state index in [1.54, 1.807) is 0 Å². The van der Waals surface area contributed by atoms with Crippen LogP contribution in [-0.2, 0) is 0 Å². The van der Waals surface area contributed by atoms with Crippen molar-refractivity contribution >= 4 is 17.3 Å². The minimum Gasteiger partial charge on any atom is -0.385 e. The first-order valence-electron chi connectivity index (χ1n) is 6.71. The summed E-state index contributed by atoms with van der Waals surface area (Å²) in [7, 11) is 0. The van der Waals surface area contributed by atoms with Crippen molar-refractivity contribution in [2.24, 2.45) is 11.7 Å². The van der Waals surface area contributed by atoms with Crippen LogP contribution >= 0.6 is 11.6 Å². The number of nitrogens with two attached hydrogens (primary N) is 1. The number of hydrogen-bond donors (Lipinski definition) is 1. The minimum absolute atomic E-state index is 0.590. The van der Waals surface area contributed by atoms with E-state index in [4.69, 9.17) is 17.3 Å². The average molecular weight is 265 g/mol. The molecule has 1 aromatic rings. The second-order valence-corrected chi connectivity index (χ2v) is 5.37. The van der Waals surface area contributed by atoms with Gasteiger partial charge in [0.05, 0.1) is 5.82 Å². The lowest BCUT2D eigenvalue weighted by Crippen LogP contribution is -2.25. The van der Waals surface area contributed by atoms with E-state index in [0.29, 0.717) is 5.92 Å². The van der Waals surface area contributed by atoms with Crippen molar-refractivity contribution in [2.75, 3.05) is 11.4 Å². The standard InChI is InChI=1S/C15H21ClN2/c1-2-3-4-5-12-10-15(17)18(11-12)14-8-6-13(16)7-9-14/h6-10,12H,2-5,11,17H2,1H3. The van der Waals surface area contributed by atoms with E-state index >= 15 is 0 Å². The van der Waals surface area contributed by atoms with Crippen LogP contribution < -0.4 is 10.6 Å². The molecule has 1 aromatic carbocycles. The highest BCUT2D eigenvalue weighted by atomic mass is 35.5. The largest absolute Gasteiger partial charge is 0.385 e. The first-order valence-corrected chi connectivity index (χ1v) is 7.09. The van der Waals surface area contributed by atoms with Crippen molar-refractivity contribution in [3.8, 4) is 0 Å². The number of unbranched alkanes of at least 4 members (excludes halogenated alkanes) is 2. The van der Waals surface area contributed by atoms with Crippen LogP contribution in [0.3, 0.4) is 0 Å². The number of rotatable bonds is 5. The van der Waals surface area contributed by atoms with Crippen LogP contribution in [0.5, 0.6) is 0 Å². The lowest BCUT2D eigenvalue weighted by atomic mass is 10.0. The van der Waals surface area contributed by atoms with Gasteiger partial charge in [0, 0.05) is 17.3 Å². The molecule has 0 aliphatic carbocycles. The van der Waals surface area contributed by atoms with Gasteiger partial charge in [0.25, 0.3) is 0 Å². The highest BCUT2D eigenvalue weighted by Gasteiger charge is 2.22. The maximum Gasteiger partial charge on any atom is 0.0994 e. The molecule has 0 aromatic heterocycles. The van der Waals surface area contributed by atoms with Crippen LogP contribution in [0.25, 0.3) is 0 Å². The first kappa shape index (κ1) is 13.3. The van der Waals surface area contributed by atoms with Gasteiger partial charge in [-0.3, -0.25) is 0 Å². The van der Waals surface area contributed by atoms with Crippen molar-refractivity contribution < 1.29 is 0 Å². The molecule has 0 saturated carbocycles. The Balaban J connectivity index is 1.96. The molecule has 1 atom stereocenters. The molecule has 0 radical (unpaired) electrons. The summed E-state index contributed by atoms with van der Waals surface area (Å²) in [5.41, 5.74) is 7.23. The Labute approximate surface area is 114 Å². The van der Waals surface area contributed by atoms with Gasteiger partial charge in [-0.15, -0.1) is 0 Å². The fourth-order valence-electron chi connectivity index (χ4n) is 2.43. The lowest BCUT2D eigenvalue weighted by molar-refractivity contribution is 0.559. The highest BCUT2D eigenvalue weighted by Crippen LogP contribution is 2.28. The van der Waals surface area contributed by atoms with Gasteiger partial charge >= 0.3 is 0 Å². The normalized spacial score (nSPS) is 19.1. The molecular formula is C15H21ClN2. The van der Waals surface area contributed by atoms with Crippen LogP contribution in [-0.4, -0.2) is 6.54 Å². The summed E-state index contributed by atoms with van der Waals surface area (Å²) < 4.78 is 0. The summed E-state index contributed by atoms with van der Waals surface area (Å²) >= 11 is 5.90. The van der Waals surface area contributed by atoms with E-state index in [1.165, 1.54) is 25.7 Å². The van der Waals surface area contributed by atoms with Crippen molar-refractivity contribution in [3.63, 3.8) is 0 Å². The fraction of sp³-hybridized carbons (Fsp3) is 0.467. The topological polar surface area (TPSA) is 29.3 Å². The third-order valence-electron chi connectivity index (χ3n) is 3.45. The molecule has 0 amide bonds. The number of hydrogen-bond acceptors (Lipinski definition) is 2. The van der Waals surface area contributed by atoms with Crippen LogP contribution in [0.1, 0.15) is 32.6 Å². The summed E-state index contributed by atoms with van der Waals surface area (Å²) in [5.74, 6) is 1.46. The van der Waals surface area contributed by atoms with Crippen molar-refractivity contribution in [1.29, 1.82) is 0 Å². The molecule has 98 valence electrons. The Morgan fingerprint density at radius 1 is 1.28 bits per heavy atom. The summed E-state index contributed by atoms with van der Waals surface area (Å²) in [6.07, 6.45) is 7.31. The zero-order valence-corrected chi connectivity index (χ0v) is 11.7. The second kappa shape index (κ2) is 6.14. The zero-order valence-electron chi connectivity index (χ0n) is 10.9. The van der Waals surface area contributed by atoms with E-state index in [-0.39, 0.29) is 0 Å². The molecule has 0 bridgehead atoms. The van der Waals surface area contributed by atoms with E-state index < -0.39 is 0 Å². The van der Waals surface area contributed by atoms with Crippen LogP contribution in [0.15, 0.2) is 36.2 Å². The lowest BCUT2D eigenvalue weighted by Gasteiger charge is -2.21. The van der Waals surface area contributed by atoms with Gasteiger partial charge in [-0.25, -0.2) is 0 Å². The van der Waals surface area contributed by atoms with Gasteiger partial charge in [-0.1, -0.05) is 37.8 Å². The van der Waals surface area contributed by atoms with E-state index in [0.717, 1.165) is 23.1 Å². The fourth-order valence-corrected chi connectivity index (χ4v) is 2.56. The molecule has 1 heterocycles. The van der Waals surface area contributed by atoms with Crippen molar-refractivity contribution in [1.82, 2.24) is 0 Å². The number of benzene rings is 1. The SMILES string of the molecule is CCCCCC1C=C(N)N(c2ccc(Cl)cc2)C1. The second-order valence-electron chi connectivity index (χ2n) is 4.93. The maximum atomic E-state index is 6.10. The molecule has 3 heteroatoms. The predicted molar refractivity (Wildman–Crippen MR) is 78.7 cm³/mol. The third-order valence-corrected chi connectivity index (χ3v) is 3.70. The summed E-state index contributed by atoms with van der Waals surface area (Å²) in [4.78, 5) is 2.17. The van der Waals surface area contributed by atoms with Gasteiger partial charge < -0.3 is 10.6 Å². The summed E-state index contributed by atoms with van der Waals surface area (Å²) in [5, 5.41) is 0.764. The number of halogens is 1. The molecule has 2 rings (SSSR count). The highest BCUT2D eigenvalue weighted by molar-refractivity contribution is 6.30. The number of anilines is 1. The number of nitrogens with zero attached hydrogens (tertiary/aromatic N) is 1. The van der Waals surface area contributed by atoms with Gasteiger partial charge in [0.2, 0.25) is 0 Å². The van der Waals surface area contributed by atoms with Gasteiger partial charge in [0.1, 0.15) is 0 Å². The Hall–Kier alpha value is -1.15. The summed E-state index contributed by atoms with van der Waals surface area (Å²) in [6.45, 7) is 3.23. The van der Waals surface area contributed by atoms with E-state index in [1.807, 2.05) is 24.3 Å². The Morgan fingerprint density at radius 3 is 2.67 bits per heavy atom. The van der Waals surface area contributed by atoms with Crippen molar-refractivity contribution in [2.45, 2.75) is 32.6 Å². The van der Waals surface area contributed by atoms with Gasteiger partial charge in [-0.2, -0.15) is 0 Å². The predicted octanol–water partition coefficient (Wildman–Crippen LogP) is 4.16. The average Bonchev–Trinajstić information content (AvgIpc) is 2.72. The van der Waals surface area contributed by atoms with Crippen molar-refractivity contribution in [3.05, 3.63) is 41.2 Å². The summed E-state index contributed by atoms with van der Waals surface area (Å²) in [6, 6.07) is 7.87. The van der Waals surface area contributed by atoms with Crippen LogP contribution in [0, 0.1) is 5.92 Å². The smallest absolute Gasteiger partial charge is 0.0994 e. The molecule has 0 fully saturated rings. The Bertz CT molecular complexity index is 411. The first-order chi connectivity index (χ1) is 8.70. The van der Waals surface area contributed by atoms with Crippen LogP contribution in [0.2, 0.25) is 5.02 Å². The molecule has 1 aliphatic heterocycles. The van der Waals surface area contributed by atoms with Crippen LogP contribution in [0.4, 0.5) is 5.69 Å². The maximum absolute atomic E-state index is 6.10. The Morgan fingerprint density at radius 2 is 2.00 bits per heavy atom. The minimum atomic E-state index is 0.590. The molecular weight excluding hydrogens is 244 g/mol. The molecule has 18 heavy (non-hydrogen) atoms. The monoisotopic (exact) mass is 264 g/mol. The molecule has 1 aliphatic rings.